The lowest BCUT2D eigenvalue weighted by Gasteiger charge is -2.10. The van der Waals surface area contributed by atoms with E-state index in [4.69, 9.17) is 0 Å². The molecule has 6 heteroatoms. The average molecular weight is 346 g/mol. The monoisotopic (exact) mass is 345 g/mol. The predicted molar refractivity (Wildman–Crippen MR) is 74.5 cm³/mol. The Kier molecular flexibility index (Phi) is 4.89. The summed E-state index contributed by atoms with van der Waals surface area (Å²) in [5.74, 6) is -0.284. The maximum absolute atomic E-state index is 13.6. The minimum atomic E-state index is -2.87. The largest absolute Gasteiger partial charge is 0.435 e. The first-order valence-corrected chi connectivity index (χ1v) is 6.56. The van der Waals surface area contributed by atoms with Crippen molar-refractivity contribution in [3.63, 3.8) is 0 Å². The quantitative estimate of drug-likeness (QED) is 0.840. The molecule has 2 nitrogen and oxygen atoms in total. The van der Waals surface area contributed by atoms with E-state index in [1.807, 2.05) is 0 Å². The SMILES string of the molecule is Fc1cc(Br)ccc1CNc1cccc(OC(F)F)c1. The van der Waals surface area contributed by atoms with Crippen LogP contribution < -0.4 is 10.1 Å². The van der Waals surface area contributed by atoms with Gasteiger partial charge in [0.15, 0.2) is 0 Å². The topological polar surface area (TPSA) is 21.3 Å². The van der Waals surface area contributed by atoms with Gasteiger partial charge in [-0.05, 0) is 24.3 Å². The van der Waals surface area contributed by atoms with Crippen molar-refractivity contribution >= 4 is 21.6 Å². The molecule has 0 saturated carbocycles. The zero-order valence-corrected chi connectivity index (χ0v) is 11.8. The highest BCUT2D eigenvalue weighted by Crippen LogP contribution is 2.21. The smallest absolute Gasteiger partial charge is 0.387 e. The number of halogens is 4. The molecule has 0 saturated heterocycles. The second kappa shape index (κ2) is 6.65. The molecule has 1 N–H and O–H groups in total. The van der Waals surface area contributed by atoms with Gasteiger partial charge in [0.05, 0.1) is 0 Å². The van der Waals surface area contributed by atoms with Crippen LogP contribution >= 0.6 is 15.9 Å². The van der Waals surface area contributed by atoms with Gasteiger partial charge < -0.3 is 10.1 Å². The molecule has 0 bridgehead atoms. The van der Waals surface area contributed by atoms with E-state index >= 15 is 0 Å². The Labute approximate surface area is 122 Å². The summed E-state index contributed by atoms with van der Waals surface area (Å²) in [5, 5.41) is 2.95. The number of benzene rings is 2. The van der Waals surface area contributed by atoms with Gasteiger partial charge in [0.25, 0.3) is 0 Å². The van der Waals surface area contributed by atoms with E-state index in [9.17, 15) is 13.2 Å². The molecule has 0 spiro atoms. The molecule has 0 aliphatic heterocycles. The number of anilines is 1. The lowest BCUT2D eigenvalue weighted by Crippen LogP contribution is -2.04. The summed E-state index contributed by atoms with van der Waals surface area (Å²) in [7, 11) is 0. The van der Waals surface area contributed by atoms with Gasteiger partial charge >= 0.3 is 6.61 Å². The van der Waals surface area contributed by atoms with Crippen molar-refractivity contribution in [2.24, 2.45) is 0 Å². The Bertz CT molecular complexity index is 592. The van der Waals surface area contributed by atoms with Crippen molar-refractivity contribution in [1.82, 2.24) is 0 Å². The van der Waals surface area contributed by atoms with E-state index in [0.717, 1.165) is 0 Å². The number of ether oxygens (including phenoxy) is 1. The summed E-state index contributed by atoms with van der Waals surface area (Å²) in [5.41, 5.74) is 1.05. The normalized spacial score (nSPS) is 10.7. The van der Waals surface area contributed by atoms with Gasteiger partial charge in [-0.25, -0.2) is 4.39 Å². The van der Waals surface area contributed by atoms with E-state index in [-0.39, 0.29) is 18.1 Å². The molecule has 106 valence electrons. The molecule has 0 unspecified atom stereocenters. The zero-order valence-electron chi connectivity index (χ0n) is 10.2. The summed E-state index contributed by atoms with van der Waals surface area (Å²) in [6.07, 6.45) is 0. The molecule has 0 aromatic heterocycles. The first-order chi connectivity index (χ1) is 9.54. The predicted octanol–water partition coefficient (Wildman–Crippen LogP) is 4.80. The summed E-state index contributed by atoms with van der Waals surface area (Å²) in [4.78, 5) is 0. The number of alkyl halides is 2. The highest BCUT2D eigenvalue weighted by Gasteiger charge is 2.06. The second-order valence-corrected chi connectivity index (χ2v) is 4.91. The molecule has 0 aliphatic rings. The summed E-state index contributed by atoms with van der Waals surface area (Å²) in [6, 6.07) is 10.9. The van der Waals surface area contributed by atoms with Crippen LogP contribution in [0.1, 0.15) is 5.56 Å². The summed E-state index contributed by atoms with van der Waals surface area (Å²) in [6.45, 7) is -2.62. The van der Waals surface area contributed by atoms with Crippen molar-refractivity contribution < 1.29 is 17.9 Å². The molecule has 0 radical (unpaired) electrons. The first kappa shape index (κ1) is 14.7. The van der Waals surface area contributed by atoms with Crippen molar-refractivity contribution in [2.75, 3.05) is 5.32 Å². The minimum Gasteiger partial charge on any atom is -0.435 e. The number of hydrogen-bond donors (Lipinski definition) is 1. The third-order valence-corrected chi connectivity index (χ3v) is 3.05. The van der Waals surface area contributed by atoms with Gasteiger partial charge in [0, 0.05) is 28.3 Å². The fourth-order valence-electron chi connectivity index (χ4n) is 1.64. The standard InChI is InChI=1S/C14H11BrF3NO/c15-10-5-4-9(13(16)6-10)8-19-11-2-1-3-12(7-11)20-14(17)18/h1-7,14,19H,8H2. The van der Waals surface area contributed by atoms with Crippen molar-refractivity contribution in [3.05, 3.63) is 58.3 Å². The third kappa shape index (κ3) is 4.16. The summed E-state index contributed by atoms with van der Waals surface area (Å²) >= 11 is 3.18. The van der Waals surface area contributed by atoms with Gasteiger partial charge in [-0.3, -0.25) is 0 Å². The molecule has 0 fully saturated rings. The Morgan fingerprint density at radius 2 is 1.95 bits per heavy atom. The first-order valence-electron chi connectivity index (χ1n) is 5.77. The number of nitrogens with one attached hydrogen (secondary N) is 1. The van der Waals surface area contributed by atoms with Crippen LogP contribution in [0.3, 0.4) is 0 Å². The van der Waals surface area contributed by atoms with E-state index in [0.29, 0.717) is 15.7 Å². The Morgan fingerprint density at radius 3 is 2.65 bits per heavy atom. The van der Waals surface area contributed by atoms with Crippen LogP contribution in [0.2, 0.25) is 0 Å². The van der Waals surface area contributed by atoms with Gasteiger partial charge in [-0.2, -0.15) is 8.78 Å². The van der Waals surface area contributed by atoms with Crippen molar-refractivity contribution in [1.29, 1.82) is 0 Å². The maximum Gasteiger partial charge on any atom is 0.387 e. The Balaban J connectivity index is 2.03. The number of rotatable bonds is 5. The van der Waals surface area contributed by atoms with Crippen LogP contribution in [0, 0.1) is 5.82 Å². The lowest BCUT2D eigenvalue weighted by atomic mass is 10.2. The van der Waals surface area contributed by atoms with Crippen molar-refractivity contribution in [3.8, 4) is 5.75 Å². The van der Waals surface area contributed by atoms with Crippen LogP contribution in [0.25, 0.3) is 0 Å². The molecule has 2 aromatic carbocycles. The highest BCUT2D eigenvalue weighted by atomic mass is 79.9. The van der Waals surface area contributed by atoms with Gasteiger partial charge in [0.2, 0.25) is 0 Å². The fourth-order valence-corrected chi connectivity index (χ4v) is 1.98. The molecule has 0 aliphatic carbocycles. The number of hydrogen-bond acceptors (Lipinski definition) is 2. The second-order valence-electron chi connectivity index (χ2n) is 4.00. The maximum atomic E-state index is 13.6. The molecule has 2 aromatic rings. The molecular formula is C14H11BrF3NO. The lowest BCUT2D eigenvalue weighted by molar-refractivity contribution is -0.0498. The van der Waals surface area contributed by atoms with Gasteiger partial charge in [-0.15, -0.1) is 0 Å². The molecule has 0 amide bonds. The highest BCUT2D eigenvalue weighted by molar-refractivity contribution is 9.10. The third-order valence-electron chi connectivity index (χ3n) is 2.56. The van der Waals surface area contributed by atoms with E-state index in [1.54, 1.807) is 24.3 Å². The van der Waals surface area contributed by atoms with Gasteiger partial charge in [-0.1, -0.05) is 28.1 Å². The molecule has 20 heavy (non-hydrogen) atoms. The van der Waals surface area contributed by atoms with E-state index < -0.39 is 6.61 Å². The minimum absolute atomic E-state index is 0.0567. The molecular weight excluding hydrogens is 335 g/mol. The average Bonchev–Trinajstić information content (AvgIpc) is 2.37. The van der Waals surface area contributed by atoms with Crippen LogP contribution in [-0.2, 0) is 6.54 Å². The zero-order chi connectivity index (χ0) is 14.5. The fraction of sp³-hybridized carbons (Fsp3) is 0.143. The summed E-state index contributed by atoms with van der Waals surface area (Å²) < 4.78 is 42.8. The van der Waals surface area contributed by atoms with Crippen LogP contribution in [0.5, 0.6) is 5.75 Å². The van der Waals surface area contributed by atoms with Gasteiger partial charge in [0.1, 0.15) is 11.6 Å². The van der Waals surface area contributed by atoms with Crippen LogP contribution in [0.15, 0.2) is 46.9 Å². The van der Waals surface area contributed by atoms with Crippen LogP contribution in [0.4, 0.5) is 18.9 Å². The molecule has 0 heterocycles. The van der Waals surface area contributed by atoms with E-state index in [1.165, 1.54) is 18.2 Å². The molecule has 2 rings (SSSR count). The Morgan fingerprint density at radius 1 is 1.15 bits per heavy atom. The Hall–Kier alpha value is -1.69. The molecule has 0 atom stereocenters. The van der Waals surface area contributed by atoms with Crippen molar-refractivity contribution in [2.45, 2.75) is 13.2 Å². The van der Waals surface area contributed by atoms with Crippen LogP contribution in [-0.4, -0.2) is 6.61 Å². The van der Waals surface area contributed by atoms with E-state index in [2.05, 4.69) is 26.0 Å².